The SMILES string of the molecule is CCCC1NC(SCC(=O)Nc2nc(C)cs2)C2C(=O)N(C)C(=O)N(C)C2N1. The third-order valence-electron chi connectivity index (χ3n) is 4.86. The summed E-state index contributed by atoms with van der Waals surface area (Å²) in [6, 6.07) is -0.323. The van der Waals surface area contributed by atoms with E-state index in [1.807, 2.05) is 12.3 Å². The number of rotatable bonds is 6. The number of aryl methyl sites for hydroxylation is 1. The highest BCUT2D eigenvalue weighted by molar-refractivity contribution is 8.00. The lowest BCUT2D eigenvalue weighted by Gasteiger charge is -2.50. The molecule has 0 aromatic carbocycles. The number of carbonyl (C=O) groups is 3. The number of anilines is 1. The molecule has 1 aromatic rings. The maximum Gasteiger partial charge on any atom is 0.327 e. The van der Waals surface area contributed by atoms with Gasteiger partial charge in [-0.25, -0.2) is 9.78 Å². The fraction of sp³-hybridized carbons (Fsp3) is 0.647. The van der Waals surface area contributed by atoms with Gasteiger partial charge in [0.15, 0.2) is 5.13 Å². The molecule has 154 valence electrons. The van der Waals surface area contributed by atoms with Gasteiger partial charge in [-0.2, -0.15) is 0 Å². The number of urea groups is 1. The number of thiazole rings is 1. The largest absolute Gasteiger partial charge is 0.327 e. The maximum absolute atomic E-state index is 12.8. The van der Waals surface area contributed by atoms with Gasteiger partial charge in [0.1, 0.15) is 0 Å². The highest BCUT2D eigenvalue weighted by Crippen LogP contribution is 2.32. The van der Waals surface area contributed by atoms with Crippen molar-refractivity contribution in [2.24, 2.45) is 5.92 Å². The molecule has 2 saturated heterocycles. The smallest absolute Gasteiger partial charge is 0.311 e. The summed E-state index contributed by atoms with van der Waals surface area (Å²) in [6.45, 7) is 3.95. The van der Waals surface area contributed by atoms with Crippen LogP contribution in [0.25, 0.3) is 0 Å². The van der Waals surface area contributed by atoms with E-state index in [-0.39, 0.29) is 35.1 Å². The molecule has 3 N–H and O–H groups in total. The van der Waals surface area contributed by atoms with E-state index in [1.54, 1.807) is 11.9 Å². The number of fused-ring (bicyclic) bond motifs is 1. The summed E-state index contributed by atoms with van der Waals surface area (Å²) in [6.07, 6.45) is 1.39. The van der Waals surface area contributed by atoms with Gasteiger partial charge >= 0.3 is 6.03 Å². The Bertz CT molecular complexity index is 757. The van der Waals surface area contributed by atoms with Crippen molar-refractivity contribution in [1.29, 1.82) is 0 Å². The molecule has 3 heterocycles. The van der Waals surface area contributed by atoms with Crippen LogP contribution < -0.4 is 16.0 Å². The molecule has 2 aliphatic rings. The highest BCUT2D eigenvalue weighted by atomic mass is 32.2. The lowest BCUT2D eigenvalue weighted by atomic mass is 9.96. The van der Waals surface area contributed by atoms with E-state index >= 15 is 0 Å². The Balaban J connectivity index is 1.70. The molecular formula is C17H26N6O3S2. The van der Waals surface area contributed by atoms with Crippen molar-refractivity contribution in [3.63, 3.8) is 0 Å². The van der Waals surface area contributed by atoms with Crippen LogP contribution in [0.5, 0.6) is 0 Å². The first kappa shape index (κ1) is 21.0. The van der Waals surface area contributed by atoms with Gasteiger partial charge in [-0.3, -0.25) is 25.1 Å². The van der Waals surface area contributed by atoms with Gasteiger partial charge in [-0.1, -0.05) is 13.3 Å². The van der Waals surface area contributed by atoms with Gasteiger partial charge in [0.2, 0.25) is 11.8 Å². The predicted octanol–water partition coefficient (Wildman–Crippen LogP) is 1.23. The summed E-state index contributed by atoms with van der Waals surface area (Å²) in [5.41, 5.74) is 0.863. The lowest BCUT2D eigenvalue weighted by molar-refractivity contribution is -0.140. The molecule has 2 aliphatic heterocycles. The summed E-state index contributed by atoms with van der Waals surface area (Å²) in [7, 11) is 3.19. The molecule has 0 spiro atoms. The highest BCUT2D eigenvalue weighted by Gasteiger charge is 2.50. The van der Waals surface area contributed by atoms with Gasteiger partial charge in [0.25, 0.3) is 0 Å². The molecule has 0 aliphatic carbocycles. The Morgan fingerprint density at radius 3 is 2.75 bits per heavy atom. The zero-order valence-electron chi connectivity index (χ0n) is 16.4. The van der Waals surface area contributed by atoms with Crippen LogP contribution >= 0.6 is 23.1 Å². The van der Waals surface area contributed by atoms with Crippen molar-refractivity contribution in [3.05, 3.63) is 11.1 Å². The molecule has 4 unspecified atom stereocenters. The Hall–Kier alpha value is -1.69. The van der Waals surface area contributed by atoms with Crippen molar-refractivity contribution in [2.45, 2.75) is 44.4 Å². The number of imide groups is 1. The molecular weight excluding hydrogens is 400 g/mol. The number of nitrogens with one attached hydrogen (secondary N) is 3. The van der Waals surface area contributed by atoms with E-state index in [0.29, 0.717) is 5.13 Å². The monoisotopic (exact) mass is 426 g/mol. The minimum atomic E-state index is -0.472. The summed E-state index contributed by atoms with van der Waals surface area (Å²) >= 11 is 2.77. The number of nitrogens with zero attached hydrogens (tertiary/aromatic N) is 3. The number of aromatic nitrogens is 1. The molecule has 0 bridgehead atoms. The molecule has 4 atom stereocenters. The third-order valence-corrected chi connectivity index (χ3v) is 6.95. The second-order valence-electron chi connectivity index (χ2n) is 7.01. The fourth-order valence-corrected chi connectivity index (χ4v) is 5.30. The first-order chi connectivity index (χ1) is 13.3. The third kappa shape index (κ3) is 4.32. The molecule has 28 heavy (non-hydrogen) atoms. The second-order valence-corrected chi connectivity index (χ2v) is 9.00. The summed E-state index contributed by atoms with van der Waals surface area (Å²) in [5.74, 6) is -0.686. The molecule has 11 heteroatoms. The molecule has 1 aromatic heterocycles. The Kier molecular flexibility index (Phi) is 6.58. The average Bonchev–Trinajstić information content (AvgIpc) is 3.07. The number of hydrogen-bond acceptors (Lipinski definition) is 8. The van der Waals surface area contributed by atoms with Gasteiger partial charge in [0, 0.05) is 19.5 Å². The number of hydrogen-bond donors (Lipinski definition) is 3. The van der Waals surface area contributed by atoms with Crippen LogP contribution in [0.1, 0.15) is 25.5 Å². The van der Waals surface area contributed by atoms with Crippen LogP contribution in [0, 0.1) is 12.8 Å². The van der Waals surface area contributed by atoms with Gasteiger partial charge in [0.05, 0.1) is 35.1 Å². The fourth-order valence-electron chi connectivity index (χ4n) is 3.46. The average molecular weight is 427 g/mol. The molecule has 4 amide bonds. The number of thioether (sulfide) groups is 1. The van der Waals surface area contributed by atoms with E-state index in [4.69, 9.17) is 0 Å². The summed E-state index contributed by atoms with van der Waals surface area (Å²) in [5, 5.41) is 11.8. The van der Waals surface area contributed by atoms with E-state index in [1.165, 1.54) is 30.1 Å². The molecule has 2 fully saturated rings. The van der Waals surface area contributed by atoms with Gasteiger partial charge < -0.3 is 10.2 Å². The van der Waals surface area contributed by atoms with Crippen LogP contribution in [0.15, 0.2) is 5.38 Å². The van der Waals surface area contributed by atoms with Crippen LogP contribution in [0.4, 0.5) is 9.93 Å². The first-order valence-electron chi connectivity index (χ1n) is 9.21. The van der Waals surface area contributed by atoms with Crippen molar-refractivity contribution >= 4 is 46.1 Å². The van der Waals surface area contributed by atoms with Crippen LogP contribution in [-0.2, 0) is 9.59 Å². The zero-order valence-corrected chi connectivity index (χ0v) is 18.0. The number of carbonyl (C=O) groups excluding carboxylic acids is 3. The maximum atomic E-state index is 12.8. The van der Waals surface area contributed by atoms with Crippen LogP contribution in [0.2, 0.25) is 0 Å². The van der Waals surface area contributed by atoms with E-state index in [0.717, 1.165) is 23.4 Å². The van der Waals surface area contributed by atoms with E-state index in [9.17, 15) is 14.4 Å². The Labute approximate surface area is 172 Å². The van der Waals surface area contributed by atoms with Crippen molar-refractivity contribution in [1.82, 2.24) is 25.4 Å². The zero-order chi connectivity index (χ0) is 20.4. The van der Waals surface area contributed by atoms with E-state index < -0.39 is 12.1 Å². The minimum Gasteiger partial charge on any atom is -0.311 e. The van der Waals surface area contributed by atoms with Crippen LogP contribution in [-0.4, -0.2) is 70.2 Å². The normalized spacial score (nSPS) is 27.7. The van der Waals surface area contributed by atoms with Crippen LogP contribution in [0.3, 0.4) is 0 Å². The van der Waals surface area contributed by atoms with Crippen molar-refractivity contribution in [3.8, 4) is 0 Å². The summed E-state index contributed by atoms with van der Waals surface area (Å²) in [4.78, 5) is 44.4. The predicted molar refractivity (Wildman–Crippen MR) is 110 cm³/mol. The first-order valence-corrected chi connectivity index (χ1v) is 11.1. The van der Waals surface area contributed by atoms with Gasteiger partial charge in [-0.15, -0.1) is 23.1 Å². The Morgan fingerprint density at radius 1 is 1.36 bits per heavy atom. The number of amides is 4. The standard InChI is InChI=1S/C17H26N6O3S2/c1-5-6-10-19-13-12(15(25)23(4)17(26)22(13)3)14(20-10)27-8-11(24)21-16-18-9(2)7-28-16/h7,10,12-14,19-20H,5-6,8H2,1-4H3,(H,18,21,24). The molecule has 9 nitrogen and oxygen atoms in total. The molecule has 0 radical (unpaired) electrons. The Morgan fingerprint density at radius 2 is 2.11 bits per heavy atom. The summed E-state index contributed by atoms with van der Waals surface area (Å²) < 4.78 is 0. The quantitative estimate of drug-likeness (QED) is 0.628. The molecule has 3 rings (SSSR count). The van der Waals surface area contributed by atoms with Crippen molar-refractivity contribution < 1.29 is 14.4 Å². The minimum absolute atomic E-state index is 0.0279. The van der Waals surface area contributed by atoms with Gasteiger partial charge in [-0.05, 0) is 13.3 Å². The second kappa shape index (κ2) is 8.76. The van der Waals surface area contributed by atoms with E-state index in [2.05, 4.69) is 27.9 Å². The lowest BCUT2D eigenvalue weighted by Crippen LogP contribution is -2.74. The topological polar surface area (TPSA) is 107 Å². The molecule has 0 saturated carbocycles. The van der Waals surface area contributed by atoms with Crippen molar-refractivity contribution in [2.75, 3.05) is 25.2 Å².